The van der Waals surface area contributed by atoms with Crippen LogP contribution >= 0.6 is 0 Å². The molecule has 0 aromatic carbocycles. The zero-order chi connectivity index (χ0) is 9.22. The van der Waals surface area contributed by atoms with Crippen molar-refractivity contribution in [3.8, 4) is 0 Å². The second-order valence-electron chi connectivity index (χ2n) is 5.09. The Balaban J connectivity index is 2.04. The second kappa shape index (κ2) is 2.05. The maximum Gasteiger partial charge on any atom is 0.137 e. The van der Waals surface area contributed by atoms with Gasteiger partial charge in [-0.1, -0.05) is 6.92 Å². The van der Waals surface area contributed by atoms with Gasteiger partial charge in [-0.15, -0.1) is 0 Å². The quantitative estimate of drug-likeness (QED) is 0.564. The molecule has 2 nitrogen and oxygen atoms in total. The highest BCUT2D eigenvalue weighted by Gasteiger charge is 2.67. The first-order valence-electron chi connectivity index (χ1n) is 5.20. The molecule has 0 aliphatic heterocycles. The molecule has 0 heterocycles. The van der Waals surface area contributed by atoms with Gasteiger partial charge in [0.2, 0.25) is 0 Å². The maximum absolute atomic E-state index is 11.6. The lowest BCUT2D eigenvalue weighted by molar-refractivity contribution is -0.193. The van der Waals surface area contributed by atoms with Gasteiger partial charge in [0.1, 0.15) is 11.6 Å². The third-order valence-electron chi connectivity index (χ3n) is 4.68. The minimum atomic E-state index is 0.118. The lowest BCUT2D eigenvalue weighted by Gasteiger charge is -2.65. The van der Waals surface area contributed by atoms with Gasteiger partial charge >= 0.3 is 0 Å². The molecule has 2 heteroatoms. The Morgan fingerprint density at radius 1 is 1.23 bits per heavy atom. The smallest absolute Gasteiger partial charge is 0.137 e. The van der Waals surface area contributed by atoms with Gasteiger partial charge in [-0.05, 0) is 24.2 Å². The van der Waals surface area contributed by atoms with E-state index < -0.39 is 0 Å². The third kappa shape index (κ3) is 0.673. The van der Waals surface area contributed by atoms with E-state index in [2.05, 4.69) is 6.92 Å². The lowest BCUT2D eigenvalue weighted by Crippen LogP contribution is -2.66. The van der Waals surface area contributed by atoms with Gasteiger partial charge in [-0.2, -0.15) is 0 Å². The molecule has 13 heavy (non-hydrogen) atoms. The standard InChI is InChI=1S/C11H14O2/c1-11-5-4-7(12)9-6(11)2-3-8(13)10(9)11/h6,9-10H,2-5H2,1H3/t6-,9?,10?,11+/m1/s1. The Morgan fingerprint density at radius 2 is 2.00 bits per heavy atom. The van der Waals surface area contributed by atoms with Crippen molar-refractivity contribution >= 4 is 11.6 Å². The molecule has 3 saturated carbocycles. The molecular weight excluding hydrogens is 164 g/mol. The van der Waals surface area contributed by atoms with Crippen LogP contribution in [0.15, 0.2) is 0 Å². The lowest BCUT2D eigenvalue weighted by atomic mass is 9.37. The first kappa shape index (κ1) is 7.72. The van der Waals surface area contributed by atoms with Crippen molar-refractivity contribution in [2.45, 2.75) is 32.6 Å². The van der Waals surface area contributed by atoms with Crippen LogP contribution in [-0.4, -0.2) is 11.6 Å². The van der Waals surface area contributed by atoms with E-state index in [0.717, 1.165) is 25.7 Å². The summed E-state index contributed by atoms with van der Waals surface area (Å²) in [6.45, 7) is 2.21. The third-order valence-corrected chi connectivity index (χ3v) is 4.68. The SMILES string of the molecule is C[C@@]12CCC(=O)C3C1C(=O)CC[C@H]32. The summed E-state index contributed by atoms with van der Waals surface area (Å²) in [7, 11) is 0. The number of rotatable bonds is 0. The fourth-order valence-corrected chi connectivity index (χ4v) is 4.01. The molecule has 3 aliphatic carbocycles. The van der Waals surface area contributed by atoms with Crippen molar-refractivity contribution in [1.29, 1.82) is 0 Å². The minimum absolute atomic E-state index is 0.118. The molecule has 2 unspecified atom stereocenters. The van der Waals surface area contributed by atoms with E-state index in [1.807, 2.05) is 0 Å². The number of Topliss-reactive ketones (excluding diaryl/α,β-unsaturated/α-hetero) is 2. The number of carbonyl (C=O) groups excluding carboxylic acids is 2. The number of hydrogen-bond donors (Lipinski definition) is 0. The zero-order valence-corrected chi connectivity index (χ0v) is 7.88. The summed E-state index contributed by atoms with van der Waals surface area (Å²) in [5, 5.41) is 0. The average molecular weight is 178 g/mol. The van der Waals surface area contributed by atoms with E-state index in [4.69, 9.17) is 0 Å². The molecule has 0 aromatic rings. The van der Waals surface area contributed by atoms with Crippen molar-refractivity contribution in [1.82, 2.24) is 0 Å². The first-order chi connectivity index (χ1) is 6.14. The van der Waals surface area contributed by atoms with Crippen LogP contribution in [0.4, 0.5) is 0 Å². The monoisotopic (exact) mass is 178 g/mol. The van der Waals surface area contributed by atoms with E-state index in [-0.39, 0.29) is 17.3 Å². The number of ketones is 2. The number of carbonyl (C=O) groups is 2. The van der Waals surface area contributed by atoms with Crippen LogP contribution in [0.1, 0.15) is 32.6 Å². The van der Waals surface area contributed by atoms with Crippen LogP contribution in [0, 0.1) is 23.2 Å². The molecule has 0 radical (unpaired) electrons. The Labute approximate surface area is 77.7 Å². The Hall–Kier alpha value is -0.660. The van der Waals surface area contributed by atoms with Crippen LogP contribution in [0.5, 0.6) is 0 Å². The summed E-state index contributed by atoms with van der Waals surface area (Å²) < 4.78 is 0. The van der Waals surface area contributed by atoms with Crippen LogP contribution in [0.3, 0.4) is 0 Å². The highest BCUT2D eigenvalue weighted by molar-refractivity contribution is 5.96. The molecule has 3 aliphatic rings. The van der Waals surface area contributed by atoms with Gasteiger partial charge in [0.15, 0.2) is 0 Å². The normalized spacial score (nSPS) is 53.2. The summed E-state index contributed by atoms with van der Waals surface area (Å²) in [4.78, 5) is 23.2. The molecule has 70 valence electrons. The summed E-state index contributed by atoms with van der Waals surface area (Å²) in [5.74, 6) is 1.54. The van der Waals surface area contributed by atoms with Crippen LogP contribution in [-0.2, 0) is 9.59 Å². The predicted octanol–water partition coefficient (Wildman–Crippen LogP) is 1.58. The highest BCUT2D eigenvalue weighted by Crippen LogP contribution is 2.67. The molecule has 3 rings (SSSR count). The van der Waals surface area contributed by atoms with Crippen LogP contribution in [0.2, 0.25) is 0 Å². The van der Waals surface area contributed by atoms with Gasteiger partial charge in [-0.3, -0.25) is 9.59 Å². The number of fused-ring (bicyclic) bond motifs is 1. The predicted molar refractivity (Wildman–Crippen MR) is 47.1 cm³/mol. The van der Waals surface area contributed by atoms with E-state index in [1.165, 1.54) is 0 Å². The van der Waals surface area contributed by atoms with E-state index in [9.17, 15) is 9.59 Å². The van der Waals surface area contributed by atoms with E-state index in [0.29, 0.717) is 17.5 Å². The summed E-state index contributed by atoms with van der Waals surface area (Å²) >= 11 is 0. The first-order valence-corrected chi connectivity index (χ1v) is 5.20. The molecule has 0 aromatic heterocycles. The van der Waals surface area contributed by atoms with Crippen molar-refractivity contribution in [2.24, 2.45) is 23.2 Å². The van der Waals surface area contributed by atoms with Gasteiger partial charge in [0.25, 0.3) is 0 Å². The molecule has 0 saturated heterocycles. The van der Waals surface area contributed by atoms with Crippen molar-refractivity contribution in [3.05, 3.63) is 0 Å². The molecule has 0 N–H and O–H groups in total. The molecule has 3 fully saturated rings. The second-order valence-corrected chi connectivity index (χ2v) is 5.09. The number of hydrogen-bond acceptors (Lipinski definition) is 2. The van der Waals surface area contributed by atoms with E-state index in [1.54, 1.807) is 0 Å². The fourth-order valence-electron chi connectivity index (χ4n) is 4.01. The molecular formula is C11H14O2. The van der Waals surface area contributed by atoms with Crippen LogP contribution < -0.4 is 0 Å². The van der Waals surface area contributed by atoms with Gasteiger partial charge in [-0.25, -0.2) is 0 Å². The summed E-state index contributed by atoms with van der Waals surface area (Å²) in [5.41, 5.74) is 0.216. The fraction of sp³-hybridized carbons (Fsp3) is 0.818. The zero-order valence-electron chi connectivity index (χ0n) is 7.88. The summed E-state index contributed by atoms with van der Waals surface area (Å²) in [6, 6.07) is 0. The molecule has 4 atom stereocenters. The largest absolute Gasteiger partial charge is 0.299 e. The average Bonchev–Trinajstić information content (AvgIpc) is 2.10. The van der Waals surface area contributed by atoms with E-state index >= 15 is 0 Å². The topological polar surface area (TPSA) is 34.1 Å². The Morgan fingerprint density at radius 3 is 2.62 bits per heavy atom. The molecule has 4 bridgehead atoms. The maximum atomic E-state index is 11.6. The highest BCUT2D eigenvalue weighted by atomic mass is 16.1. The van der Waals surface area contributed by atoms with Crippen LogP contribution in [0.25, 0.3) is 0 Å². The van der Waals surface area contributed by atoms with Gasteiger partial charge in [0.05, 0.1) is 0 Å². The molecule has 0 amide bonds. The van der Waals surface area contributed by atoms with Crippen molar-refractivity contribution < 1.29 is 9.59 Å². The van der Waals surface area contributed by atoms with Crippen molar-refractivity contribution in [2.75, 3.05) is 0 Å². The Bertz CT molecular complexity index is 307. The van der Waals surface area contributed by atoms with Gasteiger partial charge in [0, 0.05) is 24.7 Å². The Kier molecular flexibility index (Phi) is 1.21. The van der Waals surface area contributed by atoms with Gasteiger partial charge < -0.3 is 0 Å². The molecule has 0 spiro atoms. The summed E-state index contributed by atoms with van der Waals surface area (Å²) in [6.07, 6.45) is 3.39. The minimum Gasteiger partial charge on any atom is -0.299 e. The van der Waals surface area contributed by atoms with Crippen molar-refractivity contribution in [3.63, 3.8) is 0 Å².